The van der Waals surface area contributed by atoms with E-state index < -0.39 is 0 Å². The summed E-state index contributed by atoms with van der Waals surface area (Å²) in [7, 11) is 0. The smallest absolute Gasteiger partial charge is 0.134 e. The topological polar surface area (TPSA) is 59.1 Å². The van der Waals surface area contributed by atoms with Gasteiger partial charge in [-0.2, -0.15) is 0 Å². The number of ether oxygens (including phenoxy) is 1. The lowest BCUT2D eigenvalue weighted by Crippen LogP contribution is -2.28. The third kappa shape index (κ3) is 4.14. The molecule has 3 heterocycles. The summed E-state index contributed by atoms with van der Waals surface area (Å²) in [6, 6.07) is 2.06. The summed E-state index contributed by atoms with van der Waals surface area (Å²) in [4.78, 5) is 9.41. The Bertz CT molecular complexity index is 454. The van der Waals surface area contributed by atoms with Crippen LogP contribution in [0.2, 0.25) is 0 Å². The highest BCUT2D eigenvalue weighted by molar-refractivity contribution is 5.36. The molecule has 2 fully saturated rings. The molecule has 0 radical (unpaired) electrons. The second-order valence-corrected chi connectivity index (χ2v) is 6.21. The number of hydrogen-bond acceptors (Lipinski definition) is 5. The van der Waals surface area contributed by atoms with Gasteiger partial charge in [-0.05, 0) is 51.6 Å². The molecule has 2 saturated heterocycles. The average molecular weight is 290 g/mol. The Kier molecular flexibility index (Phi) is 5.04. The normalized spacial score (nSPS) is 21.4. The van der Waals surface area contributed by atoms with Crippen LogP contribution in [0.4, 0.5) is 5.82 Å². The molecule has 0 atom stereocenters. The molecule has 2 aliphatic rings. The molecule has 5 nitrogen and oxygen atoms in total. The Morgan fingerprint density at radius 1 is 1.19 bits per heavy atom. The number of nitrogens with zero attached hydrogens (tertiary/aromatic N) is 2. The first kappa shape index (κ1) is 14.7. The van der Waals surface area contributed by atoms with Gasteiger partial charge in [-0.3, -0.25) is 0 Å². The lowest BCUT2D eigenvalue weighted by Gasteiger charge is -2.24. The van der Waals surface area contributed by atoms with Gasteiger partial charge in [-0.15, -0.1) is 0 Å². The third-order valence-corrected chi connectivity index (χ3v) is 4.49. The zero-order valence-electron chi connectivity index (χ0n) is 12.9. The number of rotatable bonds is 4. The molecule has 116 valence electrons. The highest BCUT2D eigenvalue weighted by Crippen LogP contribution is 2.24. The van der Waals surface area contributed by atoms with Crippen LogP contribution >= 0.6 is 0 Å². The summed E-state index contributed by atoms with van der Waals surface area (Å²) in [6.45, 7) is 7.00. The van der Waals surface area contributed by atoms with Crippen LogP contribution in [0.5, 0.6) is 0 Å². The van der Waals surface area contributed by atoms with Crippen LogP contribution in [0.3, 0.4) is 0 Å². The second-order valence-electron chi connectivity index (χ2n) is 6.21. The summed E-state index contributed by atoms with van der Waals surface area (Å²) < 4.78 is 5.41. The van der Waals surface area contributed by atoms with Crippen molar-refractivity contribution in [2.45, 2.75) is 38.5 Å². The quantitative estimate of drug-likeness (QED) is 0.889. The second kappa shape index (κ2) is 7.18. The molecule has 2 N–H and O–H groups in total. The fourth-order valence-electron chi connectivity index (χ4n) is 3.14. The van der Waals surface area contributed by atoms with E-state index in [2.05, 4.69) is 28.6 Å². The largest absolute Gasteiger partial charge is 0.381 e. The number of aromatic nitrogens is 2. The van der Waals surface area contributed by atoms with Crippen molar-refractivity contribution in [2.24, 2.45) is 5.92 Å². The first-order valence-electron chi connectivity index (χ1n) is 8.19. The van der Waals surface area contributed by atoms with Crippen molar-refractivity contribution < 1.29 is 4.74 Å². The van der Waals surface area contributed by atoms with Crippen molar-refractivity contribution in [2.75, 3.05) is 38.2 Å². The van der Waals surface area contributed by atoms with Crippen LogP contribution in [0.1, 0.15) is 43.1 Å². The van der Waals surface area contributed by atoms with Crippen LogP contribution in [-0.4, -0.2) is 42.8 Å². The molecular weight excluding hydrogens is 264 g/mol. The SMILES string of the molecule is Cc1cc(NCC2CCOCC2)nc(C2CCNCC2)n1. The van der Waals surface area contributed by atoms with E-state index in [9.17, 15) is 0 Å². The van der Waals surface area contributed by atoms with Crippen LogP contribution in [0, 0.1) is 12.8 Å². The van der Waals surface area contributed by atoms with Crippen LogP contribution in [0.25, 0.3) is 0 Å². The van der Waals surface area contributed by atoms with E-state index in [1.807, 2.05) is 0 Å². The summed E-state index contributed by atoms with van der Waals surface area (Å²) in [6.07, 6.45) is 4.59. The third-order valence-electron chi connectivity index (χ3n) is 4.49. The maximum Gasteiger partial charge on any atom is 0.134 e. The van der Waals surface area contributed by atoms with Gasteiger partial charge in [-0.1, -0.05) is 0 Å². The van der Waals surface area contributed by atoms with Gasteiger partial charge in [0.1, 0.15) is 11.6 Å². The average Bonchev–Trinajstić information content (AvgIpc) is 2.54. The van der Waals surface area contributed by atoms with Crippen molar-refractivity contribution in [3.05, 3.63) is 17.6 Å². The predicted molar refractivity (Wildman–Crippen MR) is 83.6 cm³/mol. The first-order valence-corrected chi connectivity index (χ1v) is 8.19. The minimum atomic E-state index is 0.509. The van der Waals surface area contributed by atoms with Gasteiger partial charge < -0.3 is 15.4 Å². The molecule has 0 unspecified atom stereocenters. The molecule has 0 spiro atoms. The first-order chi connectivity index (χ1) is 10.3. The van der Waals surface area contributed by atoms with Gasteiger partial charge in [0, 0.05) is 37.4 Å². The van der Waals surface area contributed by atoms with Gasteiger partial charge >= 0.3 is 0 Å². The molecule has 0 amide bonds. The maximum atomic E-state index is 5.41. The van der Waals surface area contributed by atoms with E-state index in [0.717, 1.165) is 75.9 Å². The summed E-state index contributed by atoms with van der Waals surface area (Å²) in [5, 5.41) is 6.91. The minimum absolute atomic E-state index is 0.509. The molecule has 1 aromatic heterocycles. The Morgan fingerprint density at radius 2 is 1.95 bits per heavy atom. The molecular formula is C16H26N4O. The molecule has 3 rings (SSSR count). The zero-order chi connectivity index (χ0) is 14.5. The van der Waals surface area contributed by atoms with Crippen LogP contribution < -0.4 is 10.6 Å². The van der Waals surface area contributed by atoms with Crippen molar-refractivity contribution in [1.82, 2.24) is 15.3 Å². The highest BCUT2D eigenvalue weighted by atomic mass is 16.5. The van der Waals surface area contributed by atoms with Crippen molar-refractivity contribution in [3.8, 4) is 0 Å². The predicted octanol–water partition coefficient (Wildman–Crippen LogP) is 2.09. The van der Waals surface area contributed by atoms with Gasteiger partial charge in [0.25, 0.3) is 0 Å². The maximum absolute atomic E-state index is 5.41. The van der Waals surface area contributed by atoms with Gasteiger partial charge in [0.15, 0.2) is 0 Å². The van der Waals surface area contributed by atoms with E-state index in [-0.39, 0.29) is 0 Å². The molecule has 0 saturated carbocycles. The van der Waals surface area contributed by atoms with Crippen molar-refractivity contribution >= 4 is 5.82 Å². The van der Waals surface area contributed by atoms with Crippen LogP contribution in [0.15, 0.2) is 6.07 Å². The molecule has 2 aliphatic heterocycles. The van der Waals surface area contributed by atoms with E-state index in [1.165, 1.54) is 0 Å². The number of nitrogens with one attached hydrogen (secondary N) is 2. The number of hydrogen-bond donors (Lipinski definition) is 2. The molecule has 21 heavy (non-hydrogen) atoms. The Hall–Kier alpha value is -1.20. The summed E-state index contributed by atoms with van der Waals surface area (Å²) in [5.41, 5.74) is 1.06. The number of anilines is 1. The lowest BCUT2D eigenvalue weighted by molar-refractivity contribution is 0.0699. The molecule has 0 aliphatic carbocycles. The Balaban J connectivity index is 1.62. The van der Waals surface area contributed by atoms with Crippen molar-refractivity contribution in [1.29, 1.82) is 0 Å². The van der Waals surface area contributed by atoms with Gasteiger partial charge in [0.2, 0.25) is 0 Å². The van der Waals surface area contributed by atoms with Gasteiger partial charge in [0.05, 0.1) is 0 Å². The standard InChI is InChI=1S/C16H26N4O/c1-12-10-15(18-11-13-4-8-21-9-5-13)20-16(19-12)14-2-6-17-7-3-14/h10,13-14,17H,2-9,11H2,1H3,(H,18,19,20). The van der Waals surface area contributed by atoms with E-state index in [1.54, 1.807) is 0 Å². The Labute approximate surface area is 126 Å². The molecule has 0 bridgehead atoms. The number of piperidine rings is 1. The number of aryl methyl sites for hydroxylation is 1. The fourth-order valence-corrected chi connectivity index (χ4v) is 3.14. The molecule has 5 heteroatoms. The van der Waals surface area contributed by atoms with E-state index >= 15 is 0 Å². The summed E-state index contributed by atoms with van der Waals surface area (Å²) >= 11 is 0. The summed E-state index contributed by atoms with van der Waals surface area (Å²) in [5.74, 6) is 3.22. The van der Waals surface area contributed by atoms with Crippen LogP contribution in [-0.2, 0) is 4.74 Å². The van der Waals surface area contributed by atoms with Gasteiger partial charge in [-0.25, -0.2) is 9.97 Å². The van der Waals surface area contributed by atoms with Crippen molar-refractivity contribution in [3.63, 3.8) is 0 Å². The minimum Gasteiger partial charge on any atom is -0.381 e. The van der Waals surface area contributed by atoms with E-state index in [4.69, 9.17) is 9.72 Å². The highest BCUT2D eigenvalue weighted by Gasteiger charge is 2.19. The zero-order valence-corrected chi connectivity index (χ0v) is 12.9. The molecule has 0 aromatic carbocycles. The van der Waals surface area contributed by atoms with E-state index in [0.29, 0.717) is 11.8 Å². The molecule has 1 aromatic rings. The fraction of sp³-hybridized carbons (Fsp3) is 0.750. The monoisotopic (exact) mass is 290 g/mol. The Morgan fingerprint density at radius 3 is 2.71 bits per heavy atom. The lowest BCUT2D eigenvalue weighted by atomic mass is 9.97.